The third-order valence-corrected chi connectivity index (χ3v) is 12.3. The summed E-state index contributed by atoms with van der Waals surface area (Å²) >= 11 is 0. The molecule has 110 valence electrons. The standard InChI is InChI=1S/C13H35NOSi3/c1-10-12(11-13(2,3)15-16)14(17(4,5)6)18(7,8)9/h12H,10-11H2,1-9,16H3. The summed E-state index contributed by atoms with van der Waals surface area (Å²) < 4.78 is 8.72. The number of hydrogen-bond acceptors (Lipinski definition) is 2. The molecule has 2 nitrogen and oxygen atoms in total. The average molecular weight is 306 g/mol. The summed E-state index contributed by atoms with van der Waals surface area (Å²) in [4.78, 5) is 0. The molecule has 0 saturated heterocycles. The second kappa shape index (κ2) is 6.35. The van der Waals surface area contributed by atoms with Gasteiger partial charge in [0, 0.05) is 0 Å². The molecular weight excluding hydrogens is 270 g/mol. The average Bonchev–Trinajstić information content (AvgIpc) is 2.12. The molecule has 0 aromatic carbocycles. The summed E-state index contributed by atoms with van der Waals surface area (Å²) in [7, 11) is -1.70. The molecule has 18 heavy (non-hydrogen) atoms. The highest BCUT2D eigenvalue weighted by atomic mass is 28.4. The fraction of sp³-hybridized carbons (Fsp3) is 1.00. The zero-order valence-corrected chi connectivity index (χ0v) is 18.3. The molecule has 0 amide bonds. The zero-order chi connectivity index (χ0) is 14.8. The Morgan fingerprint density at radius 3 is 1.67 bits per heavy atom. The van der Waals surface area contributed by atoms with E-state index in [-0.39, 0.29) is 5.60 Å². The van der Waals surface area contributed by atoms with Gasteiger partial charge in [-0.25, -0.2) is 0 Å². The van der Waals surface area contributed by atoms with Gasteiger partial charge in [-0.05, 0) is 32.7 Å². The molecule has 0 rings (SSSR count). The second-order valence-electron chi connectivity index (χ2n) is 7.94. The summed E-state index contributed by atoms with van der Waals surface area (Å²) in [5.74, 6) is 0. The van der Waals surface area contributed by atoms with Gasteiger partial charge in [-0.1, -0.05) is 46.2 Å². The Bertz CT molecular complexity index is 242. The third-order valence-electron chi connectivity index (χ3n) is 3.56. The molecule has 0 aliphatic rings. The van der Waals surface area contributed by atoms with Gasteiger partial charge in [-0.3, -0.25) is 0 Å². The molecule has 0 aromatic heterocycles. The Morgan fingerprint density at radius 1 is 1.06 bits per heavy atom. The van der Waals surface area contributed by atoms with Gasteiger partial charge >= 0.3 is 0 Å². The molecule has 0 saturated carbocycles. The normalized spacial score (nSPS) is 16.3. The third kappa shape index (κ3) is 5.69. The van der Waals surface area contributed by atoms with Gasteiger partial charge < -0.3 is 8.66 Å². The van der Waals surface area contributed by atoms with Gasteiger partial charge in [0.25, 0.3) is 0 Å². The van der Waals surface area contributed by atoms with E-state index in [1.807, 2.05) is 0 Å². The Morgan fingerprint density at radius 2 is 1.44 bits per heavy atom. The monoisotopic (exact) mass is 305 g/mol. The largest absolute Gasteiger partial charge is 0.423 e. The molecule has 0 radical (unpaired) electrons. The van der Waals surface area contributed by atoms with Crippen LogP contribution in [0.2, 0.25) is 39.3 Å². The number of nitrogens with zero attached hydrogens (tertiary/aromatic N) is 1. The van der Waals surface area contributed by atoms with Crippen molar-refractivity contribution in [3.63, 3.8) is 0 Å². The van der Waals surface area contributed by atoms with Crippen LogP contribution in [0.25, 0.3) is 0 Å². The molecule has 0 spiro atoms. The Balaban J connectivity index is 5.20. The van der Waals surface area contributed by atoms with E-state index in [4.69, 9.17) is 4.43 Å². The maximum Gasteiger partial charge on any atom is 0.146 e. The van der Waals surface area contributed by atoms with Crippen molar-refractivity contribution in [1.29, 1.82) is 0 Å². The first-order valence-corrected chi connectivity index (χ1v) is 14.9. The van der Waals surface area contributed by atoms with E-state index < -0.39 is 16.5 Å². The van der Waals surface area contributed by atoms with Crippen LogP contribution in [0.4, 0.5) is 0 Å². The minimum absolute atomic E-state index is 0.0461. The lowest BCUT2D eigenvalue weighted by Gasteiger charge is -2.50. The van der Waals surface area contributed by atoms with Crippen molar-refractivity contribution in [2.24, 2.45) is 0 Å². The summed E-state index contributed by atoms with van der Waals surface area (Å²) in [5, 5.41) is 0. The van der Waals surface area contributed by atoms with Gasteiger partial charge in [0.1, 0.15) is 27.0 Å². The molecule has 1 unspecified atom stereocenters. The SMILES string of the molecule is CCC(CC(C)(C)O[SiH3])N([Si](C)(C)C)[Si](C)(C)C. The van der Waals surface area contributed by atoms with Crippen LogP contribution in [0.1, 0.15) is 33.6 Å². The molecule has 5 heteroatoms. The molecular formula is C13H35NOSi3. The van der Waals surface area contributed by atoms with Gasteiger partial charge in [-0.15, -0.1) is 0 Å². The Hall–Kier alpha value is 0.571. The van der Waals surface area contributed by atoms with E-state index in [0.717, 1.165) is 10.5 Å². The molecule has 0 heterocycles. The van der Waals surface area contributed by atoms with Crippen LogP contribution in [0.5, 0.6) is 0 Å². The molecule has 0 aromatic rings. The van der Waals surface area contributed by atoms with Gasteiger partial charge in [0.15, 0.2) is 0 Å². The van der Waals surface area contributed by atoms with Crippen LogP contribution < -0.4 is 0 Å². The minimum Gasteiger partial charge on any atom is -0.423 e. The molecule has 0 bridgehead atoms. The van der Waals surface area contributed by atoms with Gasteiger partial charge in [0.05, 0.1) is 5.60 Å². The van der Waals surface area contributed by atoms with Crippen LogP contribution in [0, 0.1) is 0 Å². The van der Waals surface area contributed by atoms with E-state index in [1.54, 1.807) is 0 Å². The van der Waals surface area contributed by atoms with E-state index >= 15 is 0 Å². The summed E-state index contributed by atoms with van der Waals surface area (Å²) in [6.45, 7) is 21.8. The Labute approximate surface area is 120 Å². The number of hydrogen-bond donors (Lipinski definition) is 0. The van der Waals surface area contributed by atoms with Crippen LogP contribution >= 0.6 is 0 Å². The lowest BCUT2D eigenvalue weighted by Crippen LogP contribution is -2.64. The van der Waals surface area contributed by atoms with E-state index in [2.05, 4.69) is 64.3 Å². The maximum absolute atomic E-state index is 5.79. The summed E-state index contributed by atoms with van der Waals surface area (Å²) in [6, 6.07) is 0.687. The topological polar surface area (TPSA) is 12.5 Å². The first kappa shape index (κ1) is 18.6. The predicted molar refractivity (Wildman–Crippen MR) is 92.3 cm³/mol. The van der Waals surface area contributed by atoms with Gasteiger partial charge in [0.2, 0.25) is 0 Å². The van der Waals surface area contributed by atoms with E-state index in [9.17, 15) is 0 Å². The van der Waals surface area contributed by atoms with Crippen molar-refractivity contribution < 1.29 is 4.43 Å². The first-order chi connectivity index (χ1) is 7.85. The Kier molecular flexibility index (Phi) is 6.55. The van der Waals surface area contributed by atoms with Crippen molar-refractivity contribution >= 4 is 27.0 Å². The fourth-order valence-corrected chi connectivity index (χ4v) is 14.1. The summed E-state index contributed by atoms with van der Waals surface area (Å²) in [5.41, 5.74) is 0.0461. The predicted octanol–water partition coefficient (Wildman–Crippen LogP) is 3.20. The van der Waals surface area contributed by atoms with Crippen LogP contribution in [0.15, 0.2) is 0 Å². The quantitative estimate of drug-likeness (QED) is 0.670. The highest BCUT2D eigenvalue weighted by Crippen LogP contribution is 2.30. The molecule has 0 aliphatic carbocycles. The molecule has 0 aliphatic heterocycles. The van der Waals surface area contributed by atoms with Crippen molar-refractivity contribution in [3.05, 3.63) is 0 Å². The van der Waals surface area contributed by atoms with E-state index in [1.165, 1.54) is 12.8 Å². The van der Waals surface area contributed by atoms with Crippen LogP contribution in [-0.2, 0) is 4.43 Å². The van der Waals surface area contributed by atoms with Crippen molar-refractivity contribution in [2.45, 2.75) is 84.5 Å². The highest BCUT2D eigenvalue weighted by molar-refractivity contribution is 6.89. The first-order valence-electron chi connectivity index (χ1n) is 7.19. The van der Waals surface area contributed by atoms with Gasteiger partial charge in [-0.2, -0.15) is 0 Å². The second-order valence-corrected chi connectivity index (χ2v) is 18.4. The van der Waals surface area contributed by atoms with Crippen molar-refractivity contribution in [1.82, 2.24) is 4.23 Å². The lowest BCUT2D eigenvalue weighted by atomic mass is 9.98. The van der Waals surface area contributed by atoms with Crippen molar-refractivity contribution in [3.8, 4) is 0 Å². The van der Waals surface area contributed by atoms with E-state index in [0.29, 0.717) is 6.04 Å². The zero-order valence-electron chi connectivity index (χ0n) is 14.3. The smallest absolute Gasteiger partial charge is 0.146 e. The molecule has 0 fully saturated rings. The van der Waals surface area contributed by atoms with Crippen LogP contribution in [-0.4, -0.2) is 42.8 Å². The van der Waals surface area contributed by atoms with Crippen molar-refractivity contribution in [2.75, 3.05) is 0 Å². The fourth-order valence-electron chi connectivity index (χ4n) is 3.17. The number of rotatable bonds is 7. The molecule has 0 N–H and O–H groups in total. The minimum atomic E-state index is -1.27. The summed E-state index contributed by atoms with van der Waals surface area (Å²) in [6.07, 6.45) is 2.41. The molecule has 1 atom stereocenters. The highest BCUT2D eigenvalue weighted by Gasteiger charge is 2.40. The van der Waals surface area contributed by atoms with Crippen LogP contribution in [0.3, 0.4) is 0 Å². The lowest BCUT2D eigenvalue weighted by molar-refractivity contribution is 0.0907. The maximum atomic E-state index is 5.79.